The van der Waals surface area contributed by atoms with Gasteiger partial charge in [-0.15, -0.1) is 11.3 Å². The quantitative estimate of drug-likeness (QED) is 0.233. The molecule has 9 heteroatoms. The van der Waals surface area contributed by atoms with Gasteiger partial charge in [0.05, 0.1) is 29.2 Å². The predicted molar refractivity (Wildman–Crippen MR) is 145 cm³/mol. The normalized spacial score (nSPS) is 11.5. The van der Waals surface area contributed by atoms with E-state index in [4.69, 9.17) is 15.5 Å². The maximum absolute atomic E-state index is 13.5. The van der Waals surface area contributed by atoms with Crippen molar-refractivity contribution < 1.29 is 22.7 Å². The number of para-hydroxylation sites is 1. The number of nitrogens with one attached hydrogen (secondary N) is 1. The van der Waals surface area contributed by atoms with E-state index in [-0.39, 0.29) is 16.3 Å². The smallest absolute Gasteiger partial charge is 0.418 e. The molecular weight excluding hydrogens is 511 g/mol. The van der Waals surface area contributed by atoms with Gasteiger partial charge in [0.1, 0.15) is 15.5 Å². The van der Waals surface area contributed by atoms with Crippen LogP contribution in [0.4, 0.5) is 24.5 Å². The van der Waals surface area contributed by atoms with E-state index in [2.05, 4.69) is 5.32 Å². The molecule has 0 spiro atoms. The van der Waals surface area contributed by atoms with Crippen LogP contribution in [-0.4, -0.2) is 17.5 Å². The number of hydrogen-bond acceptors (Lipinski definition) is 5. The number of halogens is 3. The van der Waals surface area contributed by atoms with Crippen LogP contribution in [0, 0.1) is 0 Å². The van der Waals surface area contributed by atoms with E-state index < -0.39 is 17.6 Å². The Morgan fingerprint density at radius 3 is 2.34 bits per heavy atom. The van der Waals surface area contributed by atoms with Crippen LogP contribution in [0.25, 0.3) is 32.6 Å². The molecule has 192 valence electrons. The number of anilines is 2. The Labute approximate surface area is 220 Å². The number of benzene rings is 3. The summed E-state index contributed by atoms with van der Waals surface area (Å²) in [4.78, 5) is 18.6. The highest BCUT2D eigenvalue weighted by Gasteiger charge is 2.34. The first-order valence-electron chi connectivity index (χ1n) is 11.8. The van der Waals surface area contributed by atoms with Gasteiger partial charge in [0, 0.05) is 10.9 Å². The van der Waals surface area contributed by atoms with Gasteiger partial charge in [-0.25, -0.2) is 4.98 Å². The molecule has 5 rings (SSSR count). The van der Waals surface area contributed by atoms with Crippen LogP contribution in [0.3, 0.4) is 0 Å². The molecule has 0 aliphatic heterocycles. The second-order valence-corrected chi connectivity index (χ2v) is 9.40. The van der Waals surface area contributed by atoms with Gasteiger partial charge in [-0.2, -0.15) is 13.2 Å². The fourth-order valence-corrected chi connectivity index (χ4v) is 5.20. The number of nitrogens with zero attached hydrogens (tertiary/aromatic N) is 1. The Balaban J connectivity index is 1.62. The number of pyridine rings is 1. The second-order valence-electron chi connectivity index (χ2n) is 8.40. The number of thiophene rings is 1. The van der Waals surface area contributed by atoms with Crippen LogP contribution in [0.15, 0.2) is 84.9 Å². The lowest BCUT2D eigenvalue weighted by Crippen LogP contribution is -2.16. The van der Waals surface area contributed by atoms with Gasteiger partial charge in [0.15, 0.2) is 0 Å². The van der Waals surface area contributed by atoms with Gasteiger partial charge in [-0.05, 0) is 60.5 Å². The van der Waals surface area contributed by atoms with E-state index in [1.807, 2.05) is 67.6 Å². The van der Waals surface area contributed by atoms with Crippen molar-refractivity contribution in [2.75, 3.05) is 17.7 Å². The topological polar surface area (TPSA) is 77.2 Å². The fourth-order valence-electron chi connectivity index (χ4n) is 4.19. The summed E-state index contributed by atoms with van der Waals surface area (Å²) < 4.78 is 45.9. The molecular formula is C29H22F3N3O2S. The molecule has 0 atom stereocenters. The minimum atomic E-state index is -4.62. The summed E-state index contributed by atoms with van der Waals surface area (Å²) in [5, 5.41) is 2.96. The number of ether oxygens (including phenoxy) is 1. The maximum atomic E-state index is 13.5. The molecule has 5 aromatic rings. The first-order chi connectivity index (χ1) is 18.3. The molecule has 1 amide bonds. The number of rotatable bonds is 6. The van der Waals surface area contributed by atoms with Crippen molar-refractivity contribution in [1.82, 2.24) is 4.98 Å². The third-order valence-electron chi connectivity index (χ3n) is 5.93. The highest BCUT2D eigenvalue weighted by atomic mass is 32.1. The average molecular weight is 534 g/mol. The number of amides is 1. The highest BCUT2D eigenvalue weighted by molar-refractivity contribution is 7.21. The monoisotopic (exact) mass is 533 g/mol. The van der Waals surface area contributed by atoms with Gasteiger partial charge in [-0.1, -0.05) is 42.5 Å². The van der Waals surface area contributed by atoms with Crippen LogP contribution >= 0.6 is 11.3 Å². The largest absolute Gasteiger partial charge is 0.494 e. The molecule has 0 saturated heterocycles. The Bertz CT molecular complexity index is 1610. The van der Waals surface area contributed by atoms with Crippen molar-refractivity contribution in [1.29, 1.82) is 0 Å². The van der Waals surface area contributed by atoms with E-state index in [1.54, 1.807) is 0 Å². The molecule has 2 heterocycles. The van der Waals surface area contributed by atoms with Crippen molar-refractivity contribution in [2.45, 2.75) is 13.1 Å². The van der Waals surface area contributed by atoms with E-state index in [9.17, 15) is 18.0 Å². The van der Waals surface area contributed by atoms with Gasteiger partial charge >= 0.3 is 6.18 Å². The molecule has 0 aliphatic carbocycles. The molecule has 0 fully saturated rings. The van der Waals surface area contributed by atoms with E-state index in [0.717, 1.165) is 39.8 Å². The van der Waals surface area contributed by atoms with Crippen LogP contribution in [0.5, 0.6) is 5.75 Å². The number of carbonyl (C=O) groups excluding carboxylic acids is 1. The fraction of sp³-hybridized carbons (Fsp3) is 0.103. The lowest BCUT2D eigenvalue weighted by atomic mass is 9.99. The van der Waals surface area contributed by atoms with Crippen LogP contribution in [0.1, 0.15) is 22.2 Å². The maximum Gasteiger partial charge on any atom is 0.418 e. The van der Waals surface area contributed by atoms with Crippen molar-refractivity contribution in [3.8, 4) is 28.1 Å². The summed E-state index contributed by atoms with van der Waals surface area (Å²) in [6, 6.07) is 23.7. The number of nitrogen functional groups attached to an aromatic ring is 1. The Kier molecular flexibility index (Phi) is 6.77. The zero-order valence-corrected chi connectivity index (χ0v) is 21.0. The molecule has 0 unspecified atom stereocenters. The molecule has 5 nitrogen and oxygen atoms in total. The molecule has 38 heavy (non-hydrogen) atoms. The van der Waals surface area contributed by atoms with Crippen molar-refractivity contribution in [3.63, 3.8) is 0 Å². The summed E-state index contributed by atoms with van der Waals surface area (Å²) in [5.41, 5.74) is 8.49. The molecule has 2 aromatic heterocycles. The number of aromatic nitrogens is 1. The molecule has 0 saturated carbocycles. The van der Waals surface area contributed by atoms with E-state index >= 15 is 0 Å². The first-order valence-corrected chi connectivity index (χ1v) is 12.6. The van der Waals surface area contributed by atoms with Gasteiger partial charge in [-0.3, -0.25) is 4.79 Å². The van der Waals surface area contributed by atoms with Crippen molar-refractivity contribution in [3.05, 3.63) is 95.4 Å². The summed E-state index contributed by atoms with van der Waals surface area (Å²) in [6.45, 7) is 2.46. The number of fused-ring (bicyclic) bond motifs is 1. The third kappa shape index (κ3) is 4.92. The minimum absolute atomic E-state index is 0.0884. The van der Waals surface area contributed by atoms with E-state index in [0.29, 0.717) is 22.5 Å². The zero-order valence-electron chi connectivity index (χ0n) is 20.2. The van der Waals surface area contributed by atoms with Gasteiger partial charge < -0.3 is 15.8 Å². The third-order valence-corrected chi connectivity index (χ3v) is 7.03. The molecule has 0 radical (unpaired) electrons. The molecule has 3 aromatic carbocycles. The number of nitrogens with two attached hydrogens (primary N) is 1. The summed E-state index contributed by atoms with van der Waals surface area (Å²) in [5.74, 6) is 0.00269. The van der Waals surface area contributed by atoms with E-state index in [1.165, 1.54) is 18.2 Å². The van der Waals surface area contributed by atoms with Crippen LogP contribution < -0.4 is 15.8 Å². The SMILES string of the molecule is CCOc1ccc(-c2cc(-c3ccccc3)c3c(N)c(C(=O)Nc4ccccc4C(F)(F)F)sc3n2)cc1. The second kappa shape index (κ2) is 10.2. The molecule has 0 aliphatic rings. The minimum Gasteiger partial charge on any atom is -0.494 e. The standard InChI is InChI=1S/C29H22F3N3O2S/c1-2-37-19-14-12-18(13-15-19)23-16-20(17-8-4-3-5-9-17)24-25(33)26(38-28(24)35-23)27(36)34-22-11-7-6-10-21(22)29(30,31)32/h3-16H,2,33H2,1H3,(H,34,36). The summed E-state index contributed by atoms with van der Waals surface area (Å²) in [7, 11) is 0. The summed E-state index contributed by atoms with van der Waals surface area (Å²) >= 11 is 1.04. The van der Waals surface area contributed by atoms with Crippen LogP contribution in [0.2, 0.25) is 0 Å². The van der Waals surface area contributed by atoms with Crippen molar-refractivity contribution >= 4 is 38.8 Å². The Morgan fingerprint density at radius 1 is 0.974 bits per heavy atom. The van der Waals surface area contributed by atoms with Gasteiger partial charge in [0.25, 0.3) is 5.91 Å². The van der Waals surface area contributed by atoms with Crippen LogP contribution in [-0.2, 0) is 6.18 Å². The lowest BCUT2D eigenvalue weighted by Gasteiger charge is -2.13. The average Bonchev–Trinajstić information content (AvgIpc) is 3.25. The highest BCUT2D eigenvalue weighted by Crippen LogP contribution is 2.42. The lowest BCUT2D eigenvalue weighted by molar-refractivity contribution is -0.136. The Hall–Kier alpha value is -4.37. The number of carbonyl (C=O) groups is 1. The zero-order chi connectivity index (χ0) is 26.9. The molecule has 3 N–H and O–H groups in total. The van der Waals surface area contributed by atoms with Crippen molar-refractivity contribution in [2.24, 2.45) is 0 Å². The summed E-state index contributed by atoms with van der Waals surface area (Å²) in [6.07, 6.45) is -4.62. The molecule has 0 bridgehead atoms. The van der Waals surface area contributed by atoms with Gasteiger partial charge in [0.2, 0.25) is 0 Å². The predicted octanol–water partition coefficient (Wildman–Crippen LogP) is 7.88. The number of hydrogen-bond donors (Lipinski definition) is 2. The Morgan fingerprint density at radius 2 is 1.66 bits per heavy atom. The number of alkyl halides is 3. The first kappa shape index (κ1) is 25.3.